The second-order valence-electron chi connectivity index (χ2n) is 3.61. The Bertz CT molecular complexity index is 339. The van der Waals surface area contributed by atoms with E-state index in [1.54, 1.807) is 0 Å². The molecule has 2 nitrogen and oxygen atoms in total. The van der Waals surface area contributed by atoms with E-state index in [1.807, 2.05) is 18.2 Å². The number of terminal acetylenes is 1. The van der Waals surface area contributed by atoms with E-state index in [9.17, 15) is 0 Å². The zero-order chi connectivity index (χ0) is 11.1. The highest BCUT2D eigenvalue weighted by Gasteiger charge is 2.05. The average molecular weight is 202 g/mol. The highest BCUT2D eigenvalue weighted by molar-refractivity contribution is 5.46. The first-order valence-electron chi connectivity index (χ1n) is 5.27. The highest BCUT2D eigenvalue weighted by atomic mass is 15.1. The summed E-state index contributed by atoms with van der Waals surface area (Å²) in [6.45, 7) is 4.68. The van der Waals surface area contributed by atoms with Gasteiger partial charge in [-0.1, -0.05) is 31.0 Å². The van der Waals surface area contributed by atoms with Crippen LogP contribution in [0, 0.1) is 12.3 Å². The van der Waals surface area contributed by atoms with Gasteiger partial charge in [-0.15, -0.1) is 6.42 Å². The number of benzene rings is 1. The molecule has 2 N–H and O–H groups in total. The predicted octanol–water partition coefficient (Wildman–Crippen LogP) is 2.11. The van der Waals surface area contributed by atoms with Gasteiger partial charge in [0.05, 0.1) is 6.54 Å². The van der Waals surface area contributed by atoms with Gasteiger partial charge in [-0.3, -0.25) is 4.90 Å². The molecule has 0 radical (unpaired) electrons. The second-order valence-corrected chi connectivity index (χ2v) is 3.61. The fourth-order valence-corrected chi connectivity index (χ4v) is 1.58. The lowest BCUT2D eigenvalue weighted by Crippen LogP contribution is -2.24. The molecule has 2 heteroatoms. The van der Waals surface area contributed by atoms with E-state index in [2.05, 4.69) is 23.8 Å². The molecule has 0 saturated heterocycles. The van der Waals surface area contributed by atoms with Gasteiger partial charge >= 0.3 is 0 Å². The van der Waals surface area contributed by atoms with Gasteiger partial charge in [0.1, 0.15) is 0 Å². The lowest BCUT2D eigenvalue weighted by Gasteiger charge is -2.19. The molecule has 0 amide bonds. The minimum Gasteiger partial charge on any atom is -0.398 e. The molecule has 1 aromatic rings. The Kier molecular flexibility index (Phi) is 4.73. The van der Waals surface area contributed by atoms with E-state index in [1.165, 1.54) is 0 Å². The lowest BCUT2D eigenvalue weighted by molar-refractivity contribution is 0.300. The van der Waals surface area contributed by atoms with Crippen molar-refractivity contribution in [3.05, 3.63) is 29.8 Å². The lowest BCUT2D eigenvalue weighted by atomic mass is 10.1. The van der Waals surface area contributed by atoms with Gasteiger partial charge in [-0.2, -0.15) is 0 Å². The van der Waals surface area contributed by atoms with Crippen LogP contribution in [0.3, 0.4) is 0 Å². The molecule has 0 atom stereocenters. The summed E-state index contributed by atoms with van der Waals surface area (Å²) in [5.41, 5.74) is 7.88. The molecule has 0 aliphatic carbocycles. The molecule has 0 aromatic heterocycles. The number of nitrogens with two attached hydrogens (primary N) is 1. The molecule has 0 unspecified atom stereocenters. The number of rotatable bonds is 5. The van der Waals surface area contributed by atoms with Crippen molar-refractivity contribution < 1.29 is 0 Å². The van der Waals surface area contributed by atoms with Gasteiger partial charge in [0.2, 0.25) is 0 Å². The van der Waals surface area contributed by atoms with E-state index >= 15 is 0 Å². The second kappa shape index (κ2) is 6.10. The molecule has 0 heterocycles. The summed E-state index contributed by atoms with van der Waals surface area (Å²) in [6.07, 6.45) is 6.43. The van der Waals surface area contributed by atoms with Crippen molar-refractivity contribution in [2.75, 3.05) is 18.8 Å². The fourth-order valence-electron chi connectivity index (χ4n) is 1.58. The number of nitrogens with zero attached hydrogens (tertiary/aromatic N) is 1. The Morgan fingerprint density at radius 3 is 2.73 bits per heavy atom. The first-order chi connectivity index (χ1) is 7.27. The van der Waals surface area contributed by atoms with Gasteiger partial charge < -0.3 is 5.73 Å². The first kappa shape index (κ1) is 11.6. The molecule has 0 aliphatic heterocycles. The van der Waals surface area contributed by atoms with Crippen LogP contribution in [0.5, 0.6) is 0 Å². The van der Waals surface area contributed by atoms with Gasteiger partial charge in [-0.25, -0.2) is 0 Å². The minimum absolute atomic E-state index is 0.683. The third kappa shape index (κ3) is 3.65. The molecule has 0 saturated carbocycles. The maximum atomic E-state index is 5.88. The van der Waals surface area contributed by atoms with E-state index in [0.717, 1.165) is 30.8 Å². The SMILES string of the molecule is C#CCN(CCC)Cc1ccccc1N. The van der Waals surface area contributed by atoms with Crippen molar-refractivity contribution in [1.29, 1.82) is 0 Å². The van der Waals surface area contributed by atoms with Crippen molar-refractivity contribution in [3.8, 4) is 12.3 Å². The van der Waals surface area contributed by atoms with Crippen molar-refractivity contribution in [1.82, 2.24) is 4.90 Å². The number of hydrogen-bond acceptors (Lipinski definition) is 2. The molecule has 0 fully saturated rings. The average Bonchev–Trinajstić information content (AvgIpc) is 2.22. The van der Waals surface area contributed by atoms with E-state index < -0.39 is 0 Å². The van der Waals surface area contributed by atoms with Crippen LogP contribution in [0.4, 0.5) is 5.69 Å². The van der Waals surface area contributed by atoms with Crippen LogP contribution in [0.1, 0.15) is 18.9 Å². The number of nitrogen functional groups attached to an aromatic ring is 1. The van der Waals surface area contributed by atoms with Gasteiger partial charge in [0, 0.05) is 12.2 Å². The van der Waals surface area contributed by atoms with E-state index in [4.69, 9.17) is 12.2 Å². The summed E-state index contributed by atoms with van der Waals surface area (Å²) in [5.74, 6) is 2.68. The Labute approximate surface area is 92.1 Å². The maximum absolute atomic E-state index is 5.88. The smallest absolute Gasteiger partial charge is 0.0601 e. The number of anilines is 1. The monoisotopic (exact) mass is 202 g/mol. The summed E-state index contributed by atoms with van der Waals surface area (Å²) in [5, 5.41) is 0. The zero-order valence-electron chi connectivity index (χ0n) is 9.24. The largest absolute Gasteiger partial charge is 0.398 e. The highest BCUT2D eigenvalue weighted by Crippen LogP contribution is 2.13. The summed E-state index contributed by atoms with van der Waals surface area (Å²) in [7, 11) is 0. The normalized spacial score (nSPS) is 10.2. The van der Waals surface area contributed by atoms with Gasteiger partial charge in [0.25, 0.3) is 0 Å². The molecule has 1 rings (SSSR count). The molecule has 1 aromatic carbocycles. The minimum atomic E-state index is 0.683. The Morgan fingerprint density at radius 1 is 1.40 bits per heavy atom. The van der Waals surface area contributed by atoms with Gasteiger partial charge in [-0.05, 0) is 24.6 Å². The molecule has 0 bridgehead atoms. The van der Waals surface area contributed by atoms with Crippen LogP contribution >= 0.6 is 0 Å². The number of para-hydroxylation sites is 1. The predicted molar refractivity (Wildman–Crippen MR) is 65.3 cm³/mol. The topological polar surface area (TPSA) is 29.3 Å². The summed E-state index contributed by atoms with van der Waals surface area (Å²) in [4.78, 5) is 2.23. The van der Waals surface area contributed by atoms with Crippen LogP contribution in [0.2, 0.25) is 0 Å². The van der Waals surface area contributed by atoms with Crippen molar-refractivity contribution >= 4 is 5.69 Å². The third-order valence-electron chi connectivity index (χ3n) is 2.30. The summed E-state index contributed by atoms with van der Waals surface area (Å²) >= 11 is 0. The van der Waals surface area contributed by atoms with Crippen LogP contribution in [-0.4, -0.2) is 18.0 Å². The molecule has 15 heavy (non-hydrogen) atoms. The van der Waals surface area contributed by atoms with Crippen LogP contribution < -0.4 is 5.73 Å². The first-order valence-corrected chi connectivity index (χ1v) is 5.27. The van der Waals surface area contributed by atoms with Gasteiger partial charge in [0.15, 0.2) is 0 Å². The van der Waals surface area contributed by atoms with Crippen molar-refractivity contribution in [3.63, 3.8) is 0 Å². The number of hydrogen-bond donors (Lipinski definition) is 1. The Balaban J connectivity index is 2.66. The van der Waals surface area contributed by atoms with Crippen LogP contribution in [0.25, 0.3) is 0 Å². The van der Waals surface area contributed by atoms with E-state index in [0.29, 0.717) is 6.54 Å². The van der Waals surface area contributed by atoms with Crippen LogP contribution in [0.15, 0.2) is 24.3 Å². The molecule has 0 spiro atoms. The third-order valence-corrected chi connectivity index (χ3v) is 2.30. The van der Waals surface area contributed by atoms with Crippen molar-refractivity contribution in [2.45, 2.75) is 19.9 Å². The maximum Gasteiger partial charge on any atom is 0.0601 e. The summed E-state index contributed by atoms with van der Waals surface area (Å²) in [6, 6.07) is 7.93. The van der Waals surface area contributed by atoms with E-state index in [-0.39, 0.29) is 0 Å². The van der Waals surface area contributed by atoms with Crippen molar-refractivity contribution in [2.24, 2.45) is 0 Å². The quantitative estimate of drug-likeness (QED) is 0.585. The standard InChI is InChI=1S/C13H18N2/c1-3-9-15(10-4-2)11-12-7-5-6-8-13(12)14/h1,5-8H,4,9-11,14H2,2H3. The fraction of sp³-hybridized carbons (Fsp3) is 0.385. The Morgan fingerprint density at radius 2 is 2.13 bits per heavy atom. The molecular formula is C13H18N2. The Hall–Kier alpha value is -1.46. The zero-order valence-corrected chi connectivity index (χ0v) is 9.24. The molecular weight excluding hydrogens is 184 g/mol. The summed E-state index contributed by atoms with van der Waals surface area (Å²) < 4.78 is 0. The van der Waals surface area contributed by atoms with Crippen LogP contribution in [-0.2, 0) is 6.54 Å². The molecule has 0 aliphatic rings. The molecule has 80 valence electrons.